The first-order valence-corrected chi connectivity index (χ1v) is 11.7. The minimum atomic E-state index is -3.53. The summed E-state index contributed by atoms with van der Waals surface area (Å²) < 4.78 is 54.5. The Hall–Kier alpha value is -1.78. The molecule has 0 spiro atoms. The smallest absolute Gasteiger partial charge is 0.247 e. The highest BCUT2D eigenvalue weighted by molar-refractivity contribution is 7.91. The van der Waals surface area contributed by atoms with E-state index in [9.17, 15) is 16.8 Å². The summed E-state index contributed by atoms with van der Waals surface area (Å²) in [6.45, 7) is -0.0227. The van der Waals surface area contributed by atoms with Gasteiger partial charge in [0.2, 0.25) is 21.8 Å². The molecule has 10 heteroatoms. The van der Waals surface area contributed by atoms with E-state index in [-0.39, 0.29) is 35.6 Å². The van der Waals surface area contributed by atoms with Gasteiger partial charge in [-0.3, -0.25) is 0 Å². The summed E-state index contributed by atoms with van der Waals surface area (Å²) in [6.07, 6.45) is 0.872. The van der Waals surface area contributed by atoms with E-state index >= 15 is 0 Å². The SMILES string of the molecule is CN(Cc1nnc(-c2ccccc2)o1)S(=O)(=O)CCC1CCS(=O)(=O)C1. The van der Waals surface area contributed by atoms with Crippen LogP contribution in [0.1, 0.15) is 18.7 Å². The van der Waals surface area contributed by atoms with E-state index in [1.54, 1.807) is 0 Å². The second kappa shape index (κ2) is 7.45. The van der Waals surface area contributed by atoms with Gasteiger partial charge >= 0.3 is 0 Å². The molecule has 1 aromatic carbocycles. The maximum Gasteiger partial charge on any atom is 0.247 e. The zero-order chi connectivity index (χ0) is 18.8. The molecule has 0 radical (unpaired) electrons. The molecule has 8 nitrogen and oxygen atoms in total. The predicted octanol–water partition coefficient (Wildman–Crippen LogP) is 1.32. The van der Waals surface area contributed by atoms with Crippen LogP contribution in [0.5, 0.6) is 0 Å². The van der Waals surface area contributed by atoms with Crippen molar-refractivity contribution < 1.29 is 21.3 Å². The third-order valence-electron chi connectivity index (χ3n) is 4.43. The number of hydrogen-bond donors (Lipinski definition) is 0. The summed E-state index contributed by atoms with van der Waals surface area (Å²) >= 11 is 0. The monoisotopic (exact) mass is 399 g/mol. The molecule has 0 N–H and O–H groups in total. The predicted molar refractivity (Wildman–Crippen MR) is 96.4 cm³/mol. The average molecular weight is 399 g/mol. The summed E-state index contributed by atoms with van der Waals surface area (Å²) in [7, 11) is -5.07. The van der Waals surface area contributed by atoms with Crippen LogP contribution in [0.2, 0.25) is 0 Å². The molecule has 2 aromatic rings. The van der Waals surface area contributed by atoms with Gasteiger partial charge in [-0.1, -0.05) is 18.2 Å². The van der Waals surface area contributed by atoms with Gasteiger partial charge in [0.25, 0.3) is 0 Å². The normalized spacial score (nSPS) is 19.8. The van der Waals surface area contributed by atoms with E-state index in [0.29, 0.717) is 18.7 Å². The fourth-order valence-electron chi connectivity index (χ4n) is 2.87. The van der Waals surface area contributed by atoms with Crippen LogP contribution in [0.4, 0.5) is 0 Å². The number of rotatable bonds is 7. The van der Waals surface area contributed by atoms with Gasteiger partial charge in [-0.05, 0) is 30.9 Å². The molecule has 0 saturated carbocycles. The molecule has 1 fully saturated rings. The van der Waals surface area contributed by atoms with E-state index in [1.807, 2.05) is 30.3 Å². The maximum absolute atomic E-state index is 12.4. The molecule has 1 aromatic heterocycles. The first-order chi connectivity index (χ1) is 12.3. The number of sulfone groups is 1. The number of aromatic nitrogens is 2. The highest BCUT2D eigenvalue weighted by Crippen LogP contribution is 2.23. The molecule has 0 amide bonds. The van der Waals surface area contributed by atoms with E-state index in [2.05, 4.69) is 10.2 Å². The molecule has 1 aliphatic heterocycles. The lowest BCUT2D eigenvalue weighted by Gasteiger charge is -2.16. The van der Waals surface area contributed by atoms with Gasteiger partial charge < -0.3 is 4.42 Å². The largest absolute Gasteiger partial charge is 0.419 e. The van der Waals surface area contributed by atoms with Crippen LogP contribution in [-0.2, 0) is 26.4 Å². The fourth-order valence-corrected chi connectivity index (χ4v) is 6.04. The Balaban J connectivity index is 1.58. The molecule has 0 aliphatic carbocycles. The van der Waals surface area contributed by atoms with Crippen molar-refractivity contribution in [2.45, 2.75) is 19.4 Å². The Morgan fingerprint density at radius 1 is 1.23 bits per heavy atom. The molecule has 1 atom stereocenters. The first-order valence-electron chi connectivity index (χ1n) is 8.27. The topological polar surface area (TPSA) is 110 Å². The maximum atomic E-state index is 12.4. The Bertz CT molecular complexity index is 955. The molecule has 26 heavy (non-hydrogen) atoms. The average Bonchev–Trinajstić information content (AvgIpc) is 3.20. The Labute approximate surface area is 153 Å². The number of nitrogens with zero attached hydrogens (tertiary/aromatic N) is 3. The molecule has 2 heterocycles. The lowest BCUT2D eigenvalue weighted by atomic mass is 10.1. The summed E-state index contributed by atoms with van der Waals surface area (Å²) in [6, 6.07) is 9.22. The number of hydrogen-bond acceptors (Lipinski definition) is 7. The van der Waals surface area contributed by atoms with Gasteiger partial charge in [0.15, 0.2) is 9.84 Å². The van der Waals surface area contributed by atoms with Crippen molar-refractivity contribution in [3.63, 3.8) is 0 Å². The van der Waals surface area contributed by atoms with Crippen molar-refractivity contribution in [2.24, 2.45) is 5.92 Å². The van der Waals surface area contributed by atoms with Crippen molar-refractivity contribution in [1.29, 1.82) is 0 Å². The second-order valence-corrected chi connectivity index (χ2v) is 10.9. The van der Waals surface area contributed by atoms with Crippen molar-refractivity contribution >= 4 is 19.9 Å². The molecular weight excluding hydrogens is 378 g/mol. The van der Waals surface area contributed by atoms with Gasteiger partial charge in [0, 0.05) is 12.6 Å². The minimum Gasteiger partial charge on any atom is -0.419 e. The number of benzene rings is 1. The molecule has 0 bridgehead atoms. The molecule has 3 rings (SSSR count). The summed E-state index contributed by atoms with van der Waals surface area (Å²) in [4.78, 5) is 0. The molecule has 1 saturated heterocycles. The molecule has 1 aliphatic rings. The van der Waals surface area contributed by atoms with E-state index in [1.165, 1.54) is 11.4 Å². The van der Waals surface area contributed by atoms with Crippen LogP contribution in [0, 0.1) is 5.92 Å². The first kappa shape index (κ1) is 19.0. The summed E-state index contributed by atoms with van der Waals surface area (Å²) in [5.41, 5.74) is 0.763. The minimum absolute atomic E-state index is 0.0227. The highest BCUT2D eigenvalue weighted by Gasteiger charge is 2.30. The molecule has 1 unspecified atom stereocenters. The lowest BCUT2D eigenvalue weighted by Crippen LogP contribution is -2.30. The van der Waals surface area contributed by atoms with Gasteiger partial charge in [0.05, 0.1) is 23.8 Å². The van der Waals surface area contributed by atoms with Crippen molar-refractivity contribution in [3.05, 3.63) is 36.2 Å². The van der Waals surface area contributed by atoms with Crippen molar-refractivity contribution in [3.8, 4) is 11.5 Å². The highest BCUT2D eigenvalue weighted by atomic mass is 32.2. The van der Waals surface area contributed by atoms with Gasteiger partial charge in [-0.15, -0.1) is 10.2 Å². The van der Waals surface area contributed by atoms with Gasteiger partial charge in [-0.2, -0.15) is 4.31 Å². The zero-order valence-corrected chi connectivity index (χ0v) is 16.0. The summed E-state index contributed by atoms with van der Waals surface area (Å²) in [5.74, 6) is 0.592. The van der Waals surface area contributed by atoms with Crippen LogP contribution in [-0.4, -0.2) is 55.6 Å². The van der Waals surface area contributed by atoms with Crippen LogP contribution >= 0.6 is 0 Å². The van der Waals surface area contributed by atoms with E-state index < -0.39 is 19.9 Å². The van der Waals surface area contributed by atoms with Crippen LogP contribution in [0.15, 0.2) is 34.7 Å². The summed E-state index contributed by atoms with van der Waals surface area (Å²) in [5, 5.41) is 7.84. The van der Waals surface area contributed by atoms with Crippen LogP contribution < -0.4 is 0 Å². The van der Waals surface area contributed by atoms with Crippen LogP contribution in [0.25, 0.3) is 11.5 Å². The Morgan fingerprint density at radius 2 is 1.96 bits per heavy atom. The molecule has 142 valence electrons. The fraction of sp³-hybridized carbons (Fsp3) is 0.500. The number of sulfonamides is 1. The standard InChI is InChI=1S/C16H21N3O5S2/c1-19(26(22,23)10-8-13-7-9-25(20,21)12-13)11-15-17-18-16(24-15)14-5-3-2-4-6-14/h2-6,13H,7-12H2,1H3. The Morgan fingerprint density at radius 3 is 2.62 bits per heavy atom. The van der Waals surface area contributed by atoms with Crippen LogP contribution in [0.3, 0.4) is 0 Å². The van der Waals surface area contributed by atoms with Crippen molar-refractivity contribution in [1.82, 2.24) is 14.5 Å². The second-order valence-electron chi connectivity index (χ2n) is 6.50. The lowest BCUT2D eigenvalue weighted by molar-refractivity contribution is 0.397. The van der Waals surface area contributed by atoms with Gasteiger partial charge in [0.1, 0.15) is 0 Å². The van der Waals surface area contributed by atoms with Crippen molar-refractivity contribution in [2.75, 3.05) is 24.3 Å². The quantitative estimate of drug-likeness (QED) is 0.690. The third-order valence-corrected chi connectivity index (χ3v) is 8.10. The molecular formula is C16H21N3O5S2. The third kappa shape index (κ3) is 4.68. The zero-order valence-electron chi connectivity index (χ0n) is 14.4. The Kier molecular flexibility index (Phi) is 5.44. The van der Waals surface area contributed by atoms with E-state index in [4.69, 9.17) is 4.42 Å². The van der Waals surface area contributed by atoms with Gasteiger partial charge in [-0.25, -0.2) is 16.8 Å². The van der Waals surface area contributed by atoms with E-state index in [0.717, 1.165) is 5.56 Å².